The summed E-state index contributed by atoms with van der Waals surface area (Å²) >= 11 is 0. The number of carbonyl (C=O) groups is 2. The molecule has 0 unspecified atom stereocenters. The molecule has 7 nitrogen and oxygen atoms in total. The molecule has 218 valence electrons. The van der Waals surface area contributed by atoms with Gasteiger partial charge < -0.3 is 14.6 Å². The zero-order chi connectivity index (χ0) is 29.0. The number of hydrogen-bond donors (Lipinski definition) is 1. The van der Waals surface area contributed by atoms with Gasteiger partial charge in [-0.25, -0.2) is 8.42 Å². The zero-order valence-corrected chi connectivity index (χ0v) is 25.6. The Labute approximate surface area is 239 Å². The van der Waals surface area contributed by atoms with E-state index in [0.717, 1.165) is 43.4 Å². The third-order valence-electron chi connectivity index (χ3n) is 9.47. The average Bonchev–Trinajstić information content (AvgIpc) is 3.55. The van der Waals surface area contributed by atoms with Gasteiger partial charge >= 0.3 is 5.97 Å². The number of amides is 1. The monoisotopic (exact) mass is 568 g/mol. The summed E-state index contributed by atoms with van der Waals surface area (Å²) < 4.78 is 35.1. The molecule has 0 aliphatic heterocycles. The van der Waals surface area contributed by atoms with Crippen molar-refractivity contribution in [3.8, 4) is 5.69 Å². The van der Waals surface area contributed by atoms with Gasteiger partial charge in [0.1, 0.15) is 5.03 Å². The van der Waals surface area contributed by atoms with Crippen LogP contribution in [0.1, 0.15) is 113 Å². The van der Waals surface area contributed by atoms with Crippen molar-refractivity contribution in [3.63, 3.8) is 0 Å². The van der Waals surface area contributed by atoms with E-state index in [1.54, 1.807) is 17.7 Å². The van der Waals surface area contributed by atoms with Crippen molar-refractivity contribution in [2.24, 2.45) is 5.92 Å². The van der Waals surface area contributed by atoms with Crippen LogP contribution >= 0.6 is 0 Å². The van der Waals surface area contributed by atoms with Crippen LogP contribution in [0.5, 0.6) is 0 Å². The van der Waals surface area contributed by atoms with Crippen LogP contribution in [-0.2, 0) is 30.2 Å². The summed E-state index contributed by atoms with van der Waals surface area (Å²) in [5, 5.41) is 2.83. The highest BCUT2D eigenvalue weighted by atomic mass is 32.2. The lowest BCUT2D eigenvalue weighted by Gasteiger charge is -2.33. The van der Waals surface area contributed by atoms with Gasteiger partial charge in [-0.15, -0.1) is 0 Å². The number of rotatable bonds is 7. The van der Waals surface area contributed by atoms with Crippen molar-refractivity contribution >= 4 is 21.7 Å². The lowest BCUT2D eigenvalue weighted by molar-refractivity contribution is -0.149. The summed E-state index contributed by atoms with van der Waals surface area (Å²) in [7, 11) is -2.31. The van der Waals surface area contributed by atoms with Crippen LogP contribution in [0.4, 0.5) is 0 Å². The van der Waals surface area contributed by atoms with Crippen LogP contribution in [0.25, 0.3) is 5.69 Å². The Morgan fingerprint density at radius 2 is 1.70 bits per heavy atom. The predicted octanol–water partition coefficient (Wildman–Crippen LogP) is 5.92. The number of nitrogens with zero attached hydrogens (tertiary/aromatic N) is 1. The third-order valence-corrected chi connectivity index (χ3v) is 11.9. The molecule has 1 aromatic carbocycles. The average molecular weight is 569 g/mol. The highest BCUT2D eigenvalue weighted by Gasteiger charge is 2.41. The maximum Gasteiger partial charge on any atom is 0.308 e. The van der Waals surface area contributed by atoms with Gasteiger partial charge in [0.05, 0.1) is 23.8 Å². The number of ether oxygens (including phenoxy) is 1. The fourth-order valence-electron chi connectivity index (χ4n) is 6.25. The van der Waals surface area contributed by atoms with Gasteiger partial charge in [0.2, 0.25) is 0 Å². The molecule has 2 aromatic rings. The highest BCUT2D eigenvalue weighted by Crippen LogP contribution is 2.49. The van der Waals surface area contributed by atoms with Crippen molar-refractivity contribution in [1.82, 2.24) is 9.88 Å². The Bertz CT molecular complexity index is 1390. The fraction of sp³-hybridized carbons (Fsp3) is 0.625. The van der Waals surface area contributed by atoms with Crippen molar-refractivity contribution in [2.45, 2.75) is 120 Å². The SMILES string of the molecule is COC(=O)C1CC(NC(=O)c2cn(-c3cc(C(C)(C)C)cc(C4(C)CC4)c3)c(S(=O)(=O)C3CCCCC3)c2C)C1. The number of carbonyl (C=O) groups excluding carboxylic acids is 2. The molecule has 0 spiro atoms. The summed E-state index contributed by atoms with van der Waals surface area (Å²) in [5.74, 6) is -0.760. The van der Waals surface area contributed by atoms with E-state index in [1.165, 1.54) is 12.7 Å². The first-order valence-corrected chi connectivity index (χ1v) is 16.3. The van der Waals surface area contributed by atoms with E-state index in [1.807, 2.05) is 0 Å². The van der Waals surface area contributed by atoms with Crippen LogP contribution in [0.15, 0.2) is 29.4 Å². The topological polar surface area (TPSA) is 94.5 Å². The second-order valence-corrected chi connectivity index (χ2v) is 15.7. The molecule has 0 saturated heterocycles. The van der Waals surface area contributed by atoms with E-state index in [-0.39, 0.29) is 39.7 Å². The number of esters is 1. The first-order chi connectivity index (χ1) is 18.7. The van der Waals surface area contributed by atoms with Gasteiger partial charge in [0.25, 0.3) is 5.91 Å². The Kier molecular flexibility index (Phi) is 7.47. The Hall–Kier alpha value is -2.61. The number of methoxy groups -OCH3 is 1. The molecule has 8 heteroatoms. The number of hydrogen-bond acceptors (Lipinski definition) is 5. The minimum atomic E-state index is -3.69. The van der Waals surface area contributed by atoms with Crippen LogP contribution in [0.3, 0.4) is 0 Å². The molecule has 1 heterocycles. The second-order valence-electron chi connectivity index (χ2n) is 13.6. The summed E-state index contributed by atoms with van der Waals surface area (Å²) in [6.07, 6.45) is 9.17. The summed E-state index contributed by atoms with van der Waals surface area (Å²) in [4.78, 5) is 25.4. The molecule has 3 aliphatic rings. The predicted molar refractivity (Wildman–Crippen MR) is 156 cm³/mol. The normalized spacial score (nSPS) is 22.9. The summed E-state index contributed by atoms with van der Waals surface area (Å²) in [6.45, 7) is 10.5. The first kappa shape index (κ1) is 28.9. The Morgan fingerprint density at radius 1 is 1.05 bits per heavy atom. The lowest BCUT2D eigenvalue weighted by Crippen LogP contribution is -2.47. The minimum Gasteiger partial charge on any atom is -0.469 e. The number of nitrogens with one attached hydrogen (secondary N) is 1. The molecular formula is C32H44N2O5S. The van der Waals surface area contributed by atoms with E-state index in [2.05, 4.69) is 51.2 Å². The molecule has 0 radical (unpaired) electrons. The Morgan fingerprint density at radius 3 is 2.27 bits per heavy atom. The summed E-state index contributed by atoms with van der Waals surface area (Å²) in [6, 6.07) is 6.34. The van der Waals surface area contributed by atoms with Crippen molar-refractivity contribution < 1.29 is 22.7 Å². The van der Waals surface area contributed by atoms with Gasteiger partial charge in [-0.05, 0) is 85.1 Å². The van der Waals surface area contributed by atoms with E-state index < -0.39 is 15.1 Å². The largest absolute Gasteiger partial charge is 0.469 e. The quantitative estimate of drug-likeness (QED) is 0.418. The molecule has 0 atom stereocenters. The molecule has 1 N–H and O–H groups in total. The molecule has 3 aliphatic carbocycles. The third kappa shape index (κ3) is 5.36. The second kappa shape index (κ2) is 10.3. The van der Waals surface area contributed by atoms with Gasteiger partial charge in [-0.2, -0.15) is 0 Å². The molecule has 3 saturated carbocycles. The maximum absolute atomic E-state index is 14.3. The van der Waals surface area contributed by atoms with Crippen LogP contribution in [0, 0.1) is 12.8 Å². The molecular weight excluding hydrogens is 524 g/mol. The fourth-order valence-corrected chi connectivity index (χ4v) is 8.49. The van der Waals surface area contributed by atoms with Gasteiger partial charge in [-0.1, -0.05) is 53.0 Å². The van der Waals surface area contributed by atoms with E-state index >= 15 is 0 Å². The van der Waals surface area contributed by atoms with Gasteiger partial charge in [-0.3, -0.25) is 9.59 Å². The molecule has 0 bridgehead atoms. The van der Waals surface area contributed by atoms with Crippen LogP contribution in [-0.4, -0.2) is 43.3 Å². The van der Waals surface area contributed by atoms with E-state index in [0.29, 0.717) is 36.8 Å². The van der Waals surface area contributed by atoms with Gasteiger partial charge in [0, 0.05) is 17.9 Å². The molecule has 1 aromatic heterocycles. The van der Waals surface area contributed by atoms with Crippen molar-refractivity contribution in [2.75, 3.05) is 7.11 Å². The van der Waals surface area contributed by atoms with Gasteiger partial charge in [0.15, 0.2) is 9.84 Å². The summed E-state index contributed by atoms with van der Waals surface area (Å²) in [5.41, 5.74) is 4.00. The standard InChI is InChI=1S/C32H44N2O5S/c1-20-27(28(35)33-24-14-21(15-24)30(36)39-6)19-34(29(20)40(37,38)26-10-8-7-9-11-26)25-17-22(31(2,3)4)16-23(18-25)32(5)12-13-32/h16-19,21,24,26H,7-15H2,1-6H3,(H,33,35). The number of aromatic nitrogens is 1. The molecule has 40 heavy (non-hydrogen) atoms. The number of sulfone groups is 1. The van der Waals surface area contributed by atoms with E-state index in [9.17, 15) is 18.0 Å². The highest BCUT2D eigenvalue weighted by molar-refractivity contribution is 7.92. The molecule has 3 fully saturated rings. The lowest BCUT2D eigenvalue weighted by atomic mass is 9.80. The van der Waals surface area contributed by atoms with Crippen molar-refractivity contribution in [1.29, 1.82) is 0 Å². The molecule has 1 amide bonds. The number of benzene rings is 1. The van der Waals surface area contributed by atoms with E-state index in [4.69, 9.17) is 4.74 Å². The van der Waals surface area contributed by atoms with Crippen molar-refractivity contribution in [3.05, 3.63) is 46.6 Å². The maximum atomic E-state index is 14.3. The smallest absolute Gasteiger partial charge is 0.308 e. The van der Waals surface area contributed by atoms with Crippen LogP contribution in [0.2, 0.25) is 0 Å². The zero-order valence-electron chi connectivity index (χ0n) is 24.8. The van der Waals surface area contributed by atoms with Crippen LogP contribution < -0.4 is 5.32 Å². The minimum absolute atomic E-state index is 0.0984. The molecule has 5 rings (SSSR count). The first-order valence-electron chi connectivity index (χ1n) is 14.8. The Balaban J connectivity index is 1.59.